The highest BCUT2D eigenvalue weighted by Gasteiger charge is 2.28. The van der Waals surface area contributed by atoms with E-state index in [1.165, 1.54) is 11.1 Å². The second-order valence-corrected chi connectivity index (χ2v) is 9.56. The van der Waals surface area contributed by atoms with E-state index in [2.05, 4.69) is 75.4 Å². The van der Waals surface area contributed by atoms with Gasteiger partial charge in [0, 0.05) is 44.0 Å². The number of nitrogens with zero attached hydrogens (tertiary/aromatic N) is 3. The van der Waals surface area contributed by atoms with Gasteiger partial charge in [-0.05, 0) is 30.2 Å². The molecule has 0 aliphatic carbocycles. The van der Waals surface area contributed by atoms with Crippen LogP contribution in [0.3, 0.4) is 0 Å². The Bertz CT molecular complexity index is 1200. The van der Waals surface area contributed by atoms with Crippen LogP contribution in [-0.2, 0) is 0 Å². The van der Waals surface area contributed by atoms with E-state index in [1.54, 1.807) is 0 Å². The number of aliphatic hydroxyl groups is 1. The van der Waals surface area contributed by atoms with E-state index in [9.17, 15) is 5.11 Å². The standard InChI is InChI=1S/C29H31ClN4O/c1-21-27(32-29(31-21)24-14-8-9-15-25(24)30)26(35)20-33-16-18-34(19-17-33)28(22-10-4-2-5-11-22)23-12-6-3-7-13-23/h2-15,26,28,35H,16-20H2,1H3,(H,31,32). The maximum atomic E-state index is 11.0. The predicted molar refractivity (Wildman–Crippen MR) is 141 cm³/mol. The zero-order valence-corrected chi connectivity index (χ0v) is 20.7. The molecule has 5 rings (SSSR count). The van der Waals surface area contributed by atoms with Crippen molar-refractivity contribution < 1.29 is 5.11 Å². The molecule has 1 aliphatic rings. The Balaban J connectivity index is 1.26. The quantitative estimate of drug-likeness (QED) is 0.363. The van der Waals surface area contributed by atoms with Gasteiger partial charge in [0.15, 0.2) is 0 Å². The average molecular weight is 487 g/mol. The molecule has 2 heterocycles. The molecule has 0 spiro atoms. The van der Waals surface area contributed by atoms with E-state index in [0.717, 1.165) is 37.4 Å². The van der Waals surface area contributed by atoms with Crippen LogP contribution < -0.4 is 0 Å². The first kappa shape index (κ1) is 23.8. The van der Waals surface area contributed by atoms with E-state index >= 15 is 0 Å². The second kappa shape index (κ2) is 10.8. The smallest absolute Gasteiger partial charge is 0.139 e. The molecule has 35 heavy (non-hydrogen) atoms. The van der Waals surface area contributed by atoms with Crippen LogP contribution in [0.4, 0.5) is 0 Å². The van der Waals surface area contributed by atoms with Crippen molar-refractivity contribution in [2.45, 2.75) is 19.1 Å². The van der Waals surface area contributed by atoms with Gasteiger partial charge in [0.1, 0.15) is 11.9 Å². The van der Waals surface area contributed by atoms with Gasteiger partial charge in [-0.25, -0.2) is 4.98 Å². The van der Waals surface area contributed by atoms with Crippen molar-refractivity contribution in [2.24, 2.45) is 0 Å². The molecule has 3 aromatic carbocycles. The van der Waals surface area contributed by atoms with Gasteiger partial charge in [-0.15, -0.1) is 0 Å². The molecule has 5 nitrogen and oxygen atoms in total. The second-order valence-electron chi connectivity index (χ2n) is 9.15. The number of aliphatic hydroxyl groups excluding tert-OH is 1. The highest BCUT2D eigenvalue weighted by atomic mass is 35.5. The molecule has 2 N–H and O–H groups in total. The van der Waals surface area contributed by atoms with E-state index in [1.807, 2.05) is 31.2 Å². The highest BCUT2D eigenvalue weighted by Crippen LogP contribution is 2.31. The third-order valence-corrected chi connectivity index (χ3v) is 7.13. The van der Waals surface area contributed by atoms with Gasteiger partial charge < -0.3 is 10.1 Å². The normalized spacial score (nSPS) is 16.0. The molecule has 1 unspecified atom stereocenters. The molecule has 0 radical (unpaired) electrons. The number of rotatable bonds is 7. The lowest BCUT2D eigenvalue weighted by molar-refractivity contribution is 0.0606. The predicted octanol–water partition coefficient (Wildman–Crippen LogP) is 5.48. The Hall–Kier alpha value is -2.96. The molecule has 0 bridgehead atoms. The van der Waals surface area contributed by atoms with Gasteiger partial charge in [0.25, 0.3) is 0 Å². The zero-order valence-electron chi connectivity index (χ0n) is 19.9. The number of β-amino-alcohol motifs (C(OH)–C–C–N with tert-alkyl or cyclic N) is 1. The Kier molecular flexibility index (Phi) is 7.30. The van der Waals surface area contributed by atoms with Crippen LogP contribution in [0.1, 0.15) is 34.7 Å². The molecule has 0 saturated carbocycles. The summed E-state index contributed by atoms with van der Waals surface area (Å²) in [6.07, 6.45) is -0.659. The third-order valence-electron chi connectivity index (χ3n) is 6.80. The van der Waals surface area contributed by atoms with Crippen molar-refractivity contribution in [1.29, 1.82) is 0 Å². The minimum Gasteiger partial charge on any atom is -0.385 e. The summed E-state index contributed by atoms with van der Waals surface area (Å²) in [4.78, 5) is 12.9. The SMILES string of the molecule is Cc1[nH]c(-c2ccccc2Cl)nc1C(O)CN1CCN(C(c2ccccc2)c2ccccc2)CC1. The number of halogens is 1. The highest BCUT2D eigenvalue weighted by molar-refractivity contribution is 6.33. The molecular formula is C29H31ClN4O. The Morgan fingerprint density at radius 3 is 2.03 bits per heavy atom. The van der Waals surface area contributed by atoms with Gasteiger partial charge >= 0.3 is 0 Å². The van der Waals surface area contributed by atoms with E-state index in [-0.39, 0.29) is 6.04 Å². The van der Waals surface area contributed by atoms with E-state index < -0.39 is 6.10 Å². The number of benzene rings is 3. The topological polar surface area (TPSA) is 55.4 Å². The molecule has 0 amide bonds. The number of hydrogen-bond donors (Lipinski definition) is 2. The number of aromatic amines is 1. The summed E-state index contributed by atoms with van der Waals surface area (Å²) < 4.78 is 0. The fourth-order valence-corrected chi connectivity index (χ4v) is 5.22. The first-order valence-electron chi connectivity index (χ1n) is 12.2. The van der Waals surface area contributed by atoms with Crippen LogP contribution in [-0.4, -0.2) is 57.6 Å². The number of aryl methyl sites for hydroxylation is 1. The monoisotopic (exact) mass is 486 g/mol. The molecule has 1 atom stereocenters. The number of H-pyrrole nitrogens is 1. The lowest BCUT2D eigenvalue weighted by Crippen LogP contribution is -2.48. The van der Waals surface area contributed by atoms with Crippen LogP contribution in [0.25, 0.3) is 11.4 Å². The average Bonchev–Trinajstić information content (AvgIpc) is 3.28. The largest absolute Gasteiger partial charge is 0.385 e. The lowest BCUT2D eigenvalue weighted by Gasteiger charge is -2.40. The molecule has 1 saturated heterocycles. The molecule has 180 valence electrons. The van der Waals surface area contributed by atoms with Gasteiger partial charge in [-0.2, -0.15) is 0 Å². The first-order chi connectivity index (χ1) is 17.1. The van der Waals surface area contributed by atoms with Gasteiger partial charge in [0.2, 0.25) is 0 Å². The number of imidazole rings is 1. The molecule has 1 aromatic heterocycles. The lowest BCUT2D eigenvalue weighted by atomic mass is 9.96. The fourth-order valence-electron chi connectivity index (χ4n) is 5.00. The molecule has 6 heteroatoms. The van der Waals surface area contributed by atoms with Crippen molar-refractivity contribution in [3.8, 4) is 11.4 Å². The number of aromatic nitrogens is 2. The van der Waals surface area contributed by atoms with Crippen LogP contribution in [0, 0.1) is 6.92 Å². The van der Waals surface area contributed by atoms with E-state index in [4.69, 9.17) is 16.6 Å². The Labute approximate surface area is 212 Å². The van der Waals surface area contributed by atoms with Crippen molar-refractivity contribution >= 4 is 11.6 Å². The molecular weight excluding hydrogens is 456 g/mol. The van der Waals surface area contributed by atoms with Crippen molar-refractivity contribution in [2.75, 3.05) is 32.7 Å². The summed E-state index contributed by atoms with van der Waals surface area (Å²) in [5, 5.41) is 11.7. The van der Waals surface area contributed by atoms with Crippen molar-refractivity contribution in [3.05, 3.63) is 112 Å². The van der Waals surface area contributed by atoms with Gasteiger partial charge in [0.05, 0.1) is 16.8 Å². The van der Waals surface area contributed by atoms with Gasteiger partial charge in [-0.1, -0.05) is 84.4 Å². The van der Waals surface area contributed by atoms with Crippen molar-refractivity contribution in [3.63, 3.8) is 0 Å². The summed E-state index contributed by atoms with van der Waals surface area (Å²) in [7, 11) is 0. The number of piperazine rings is 1. The molecule has 4 aromatic rings. The zero-order chi connectivity index (χ0) is 24.2. The number of hydrogen-bond acceptors (Lipinski definition) is 4. The minimum absolute atomic E-state index is 0.233. The fraction of sp³-hybridized carbons (Fsp3) is 0.276. The summed E-state index contributed by atoms with van der Waals surface area (Å²) in [5.41, 5.74) is 5.03. The summed E-state index contributed by atoms with van der Waals surface area (Å²) in [6.45, 7) is 6.18. The van der Waals surface area contributed by atoms with Crippen LogP contribution in [0.2, 0.25) is 5.02 Å². The van der Waals surface area contributed by atoms with Crippen LogP contribution >= 0.6 is 11.6 Å². The number of nitrogens with one attached hydrogen (secondary N) is 1. The van der Waals surface area contributed by atoms with Crippen LogP contribution in [0.5, 0.6) is 0 Å². The molecule has 1 fully saturated rings. The van der Waals surface area contributed by atoms with Gasteiger partial charge in [-0.3, -0.25) is 9.80 Å². The minimum atomic E-state index is -0.659. The summed E-state index contributed by atoms with van der Waals surface area (Å²) >= 11 is 6.35. The van der Waals surface area contributed by atoms with Crippen LogP contribution in [0.15, 0.2) is 84.9 Å². The van der Waals surface area contributed by atoms with Crippen molar-refractivity contribution in [1.82, 2.24) is 19.8 Å². The molecule has 1 aliphatic heterocycles. The van der Waals surface area contributed by atoms with E-state index in [0.29, 0.717) is 23.1 Å². The Morgan fingerprint density at radius 1 is 0.857 bits per heavy atom. The first-order valence-corrected chi connectivity index (χ1v) is 12.5. The Morgan fingerprint density at radius 2 is 1.43 bits per heavy atom. The summed E-state index contributed by atoms with van der Waals surface area (Å²) in [6, 6.07) is 29.3. The maximum Gasteiger partial charge on any atom is 0.139 e. The third kappa shape index (κ3) is 5.34. The maximum absolute atomic E-state index is 11.0. The summed E-state index contributed by atoms with van der Waals surface area (Å²) in [5.74, 6) is 0.695.